The lowest BCUT2D eigenvalue weighted by Gasteiger charge is -2.22. The van der Waals surface area contributed by atoms with Gasteiger partial charge in [-0.1, -0.05) is 6.07 Å². The van der Waals surface area contributed by atoms with Gasteiger partial charge >= 0.3 is 5.69 Å². The number of H-pyrrole nitrogens is 1. The van der Waals surface area contributed by atoms with Gasteiger partial charge < -0.3 is 10.5 Å². The van der Waals surface area contributed by atoms with Crippen molar-refractivity contribution >= 4 is 0 Å². The van der Waals surface area contributed by atoms with Gasteiger partial charge in [-0.15, -0.1) is 0 Å². The molecule has 0 radical (unpaired) electrons. The van der Waals surface area contributed by atoms with Crippen LogP contribution in [0.2, 0.25) is 0 Å². The van der Waals surface area contributed by atoms with Gasteiger partial charge in [0, 0.05) is 11.8 Å². The number of aromatic nitrogens is 4. The fraction of sp³-hybridized carbons (Fsp3) is 0.188. The Kier molecular flexibility index (Phi) is 3.02. The average molecular weight is 309 g/mol. The predicted octanol–water partition coefficient (Wildman–Crippen LogP) is 1.19. The highest BCUT2D eigenvalue weighted by Gasteiger charge is 2.26. The highest BCUT2D eigenvalue weighted by Crippen LogP contribution is 2.33. The van der Waals surface area contributed by atoms with Gasteiger partial charge in [-0.05, 0) is 41.8 Å². The summed E-state index contributed by atoms with van der Waals surface area (Å²) in [7, 11) is 1.59. The largest absolute Gasteiger partial charge is 0.481 e. The van der Waals surface area contributed by atoms with Crippen LogP contribution < -0.4 is 16.2 Å². The third kappa shape index (κ3) is 2.05. The Morgan fingerprint density at radius 1 is 1.39 bits per heavy atom. The molecule has 1 atom stereocenters. The SMILES string of the molecule is COc1ncccc1-c1ccc2c(c1)CC(N)c1n[nH]c(=O)n1-2. The highest BCUT2D eigenvalue weighted by molar-refractivity contribution is 5.71. The molecule has 1 aromatic carbocycles. The molecule has 0 fully saturated rings. The van der Waals surface area contributed by atoms with Gasteiger partial charge in [-0.25, -0.2) is 19.4 Å². The lowest BCUT2D eigenvalue weighted by atomic mass is 9.95. The predicted molar refractivity (Wildman–Crippen MR) is 84.6 cm³/mol. The van der Waals surface area contributed by atoms with Gasteiger partial charge in [0.2, 0.25) is 5.88 Å². The van der Waals surface area contributed by atoms with E-state index < -0.39 is 0 Å². The van der Waals surface area contributed by atoms with Crippen molar-refractivity contribution < 1.29 is 4.74 Å². The molecule has 0 aliphatic carbocycles. The second kappa shape index (κ2) is 5.06. The molecular weight excluding hydrogens is 294 g/mol. The maximum absolute atomic E-state index is 12.0. The summed E-state index contributed by atoms with van der Waals surface area (Å²) in [6.45, 7) is 0. The molecule has 0 amide bonds. The van der Waals surface area contributed by atoms with Gasteiger partial charge in [0.05, 0.1) is 18.8 Å². The van der Waals surface area contributed by atoms with E-state index in [1.165, 1.54) is 4.57 Å². The number of hydrogen-bond acceptors (Lipinski definition) is 5. The zero-order chi connectivity index (χ0) is 16.0. The number of nitrogens with one attached hydrogen (secondary N) is 1. The molecule has 7 nitrogen and oxygen atoms in total. The van der Waals surface area contributed by atoms with E-state index in [4.69, 9.17) is 10.5 Å². The molecule has 0 bridgehead atoms. The molecule has 3 aromatic rings. The number of rotatable bonds is 2. The van der Waals surface area contributed by atoms with Crippen LogP contribution in [0.3, 0.4) is 0 Å². The lowest BCUT2D eigenvalue weighted by Crippen LogP contribution is -2.28. The maximum Gasteiger partial charge on any atom is 0.347 e. The van der Waals surface area contributed by atoms with E-state index in [9.17, 15) is 4.79 Å². The number of hydrogen-bond donors (Lipinski definition) is 2. The molecule has 1 aliphatic rings. The molecule has 3 N–H and O–H groups in total. The summed E-state index contributed by atoms with van der Waals surface area (Å²) in [5.74, 6) is 1.13. The van der Waals surface area contributed by atoms with E-state index in [0.29, 0.717) is 18.1 Å². The molecule has 4 rings (SSSR count). The summed E-state index contributed by atoms with van der Waals surface area (Å²) < 4.78 is 6.86. The Labute approximate surface area is 131 Å². The summed E-state index contributed by atoms with van der Waals surface area (Å²) in [4.78, 5) is 16.2. The Morgan fingerprint density at radius 3 is 3.09 bits per heavy atom. The minimum atomic E-state index is -0.313. The number of nitrogens with zero attached hydrogens (tertiary/aromatic N) is 3. The fourth-order valence-corrected chi connectivity index (χ4v) is 3.03. The molecule has 23 heavy (non-hydrogen) atoms. The zero-order valence-corrected chi connectivity index (χ0v) is 12.5. The first kappa shape index (κ1) is 13.7. The minimum absolute atomic E-state index is 0.275. The molecule has 116 valence electrons. The number of benzene rings is 1. The van der Waals surface area contributed by atoms with E-state index in [1.54, 1.807) is 13.3 Å². The maximum atomic E-state index is 12.0. The Morgan fingerprint density at radius 2 is 2.26 bits per heavy atom. The summed E-state index contributed by atoms with van der Waals surface area (Å²) >= 11 is 0. The van der Waals surface area contributed by atoms with Gasteiger partial charge in [-0.3, -0.25) is 0 Å². The van der Waals surface area contributed by atoms with Crippen molar-refractivity contribution in [2.75, 3.05) is 7.11 Å². The van der Waals surface area contributed by atoms with Crippen LogP contribution in [-0.4, -0.2) is 26.9 Å². The molecule has 1 unspecified atom stereocenters. The molecular formula is C16H15N5O2. The first-order chi connectivity index (χ1) is 11.2. The summed E-state index contributed by atoms with van der Waals surface area (Å²) in [6, 6.07) is 9.37. The zero-order valence-electron chi connectivity index (χ0n) is 12.5. The number of ether oxygens (including phenoxy) is 1. The van der Waals surface area contributed by atoms with E-state index in [1.807, 2.05) is 30.3 Å². The van der Waals surface area contributed by atoms with Crippen molar-refractivity contribution in [2.45, 2.75) is 12.5 Å². The van der Waals surface area contributed by atoms with Crippen LogP contribution in [-0.2, 0) is 6.42 Å². The Hall–Kier alpha value is -2.93. The number of aromatic amines is 1. The second-order valence-corrected chi connectivity index (χ2v) is 5.44. The average Bonchev–Trinajstić information content (AvgIpc) is 2.97. The third-order valence-corrected chi connectivity index (χ3v) is 4.07. The summed E-state index contributed by atoms with van der Waals surface area (Å²) in [6.07, 6.45) is 2.31. The summed E-state index contributed by atoms with van der Waals surface area (Å²) in [5.41, 5.74) is 9.55. The topological polar surface area (TPSA) is 98.8 Å². The van der Waals surface area contributed by atoms with Gasteiger partial charge in [0.1, 0.15) is 0 Å². The van der Waals surface area contributed by atoms with Crippen LogP contribution in [0.5, 0.6) is 5.88 Å². The minimum Gasteiger partial charge on any atom is -0.481 e. The first-order valence-electron chi connectivity index (χ1n) is 7.24. The quantitative estimate of drug-likeness (QED) is 0.741. The lowest BCUT2D eigenvalue weighted by molar-refractivity contribution is 0.399. The Balaban J connectivity index is 1.89. The van der Waals surface area contributed by atoms with Crippen LogP contribution in [0, 0.1) is 0 Å². The molecule has 0 saturated heterocycles. The van der Waals surface area contributed by atoms with Crippen molar-refractivity contribution in [1.29, 1.82) is 0 Å². The molecule has 0 spiro atoms. The van der Waals surface area contributed by atoms with Crippen molar-refractivity contribution in [1.82, 2.24) is 19.7 Å². The van der Waals surface area contributed by atoms with Gasteiger partial charge in [-0.2, -0.15) is 5.10 Å². The van der Waals surface area contributed by atoms with Crippen LogP contribution >= 0.6 is 0 Å². The molecule has 2 aromatic heterocycles. The van der Waals surface area contributed by atoms with Crippen LogP contribution in [0.1, 0.15) is 17.4 Å². The molecule has 0 saturated carbocycles. The van der Waals surface area contributed by atoms with E-state index in [-0.39, 0.29) is 11.7 Å². The van der Waals surface area contributed by atoms with Crippen LogP contribution in [0.15, 0.2) is 41.3 Å². The summed E-state index contributed by atoms with van der Waals surface area (Å²) in [5, 5.41) is 6.48. The number of methoxy groups -OCH3 is 1. The number of nitrogens with two attached hydrogens (primary N) is 1. The Bertz CT molecular complexity index is 944. The second-order valence-electron chi connectivity index (χ2n) is 5.44. The van der Waals surface area contributed by atoms with E-state index in [0.717, 1.165) is 22.4 Å². The van der Waals surface area contributed by atoms with Crippen molar-refractivity contribution in [3.05, 3.63) is 58.4 Å². The normalized spacial score (nSPS) is 15.8. The van der Waals surface area contributed by atoms with Crippen LogP contribution in [0.25, 0.3) is 16.8 Å². The van der Waals surface area contributed by atoms with Crippen LogP contribution in [0.4, 0.5) is 0 Å². The van der Waals surface area contributed by atoms with E-state index >= 15 is 0 Å². The molecule has 1 aliphatic heterocycles. The monoisotopic (exact) mass is 309 g/mol. The fourth-order valence-electron chi connectivity index (χ4n) is 3.03. The number of pyridine rings is 1. The molecule has 3 heterocycles. The van der Waals surface area contributed by atoms with Crippen molar-refractivity contribution in [3.63, 3.8) is 0 Å². The number of fused-ring (bicyclic) bond motifs is 3. The standard InChI is InChI=1S/C16H15N5O2/c1-23-15-11(3-2-6-18-15)9-4-5-13-10(7-9)8-12(17)14-19-20-16(22)21(13)14/h2-7,12H,8,17H2,1H3,(H,20,22). The highest BCUT2D eigenvalue weighted by atomic mass is 16.5. The third-order valence-electron chi connectivity index (χ3n) is 4.07. The smallest absolute Gasteiger partial charge is 0.347 e. The first-order valence-corrected chi connectivity index (χ1v) is 7.24. The van der Waals surface area contributed by atoms with Gasteiger partial charge in [0.25, 0.3) is 0 Å². The van der Waals surface area contributed by atoms with E-state index in [2.05, 4.69) is 15.2 Å². The van der Waals surface area contributed by atoms with Crippen molar-refractivity contribution in [2.24, 2.45) is 5.73 Å². The van der Waals surface area contributed by atoms with Crippen molar-refractivity contribution in [3.8, 4) is 22.7 Å². The van der Waals surface area contributed by atoms with Gasteiger partial charge in [0.15, 0.2) is 5.82 Å². The molecule has 7 heteroatoms.